The lowest BCUT2D eigenvalue weighted by Crippen LogP contribution is -2.47. The van der Waals surface area contributed by atoms with Crippen LogP contribution in [0, 0.1) is 5.92 Å². The van der Waals surface area contributed by atoms with Crippen LogP contribution in [-0.2, 0) is 19.6 Å². The van der Waals surface area contributed by atoms with Gasteiger partial charge in [-0.15, -0.1) is 0 Å². The van der Waals surface area contributed by atoms with Gasteiger partial charge in [-0.1, -0.05) is 11.6 Å². The molecule has 0 saturated carbocycles. The van der Waals surface area contributed by atoms with Crippen molar-refractivity contribution in [2.24, 2.45) is 5.92 Å². The molecule has 8 heteroatoms. The highest BCUT2D eigenvalue weighted by molar-refractivity contribution is 7.89. The average Bonchev–Trinajstić information content (AvgIpc) is 2.55. The quantitative estimate of drug-likeness (QED) is 0.825. The first kappa shape index (κ1) is 19.2. The van der Waals surface area contributed by atoms with Crippen LogP contribution in [0.4, 0.5) is 0 Å². The second-order valence-electron chi connectivity index (χ2n) is 6.02. The lowest BCUT2D eigenvalue weighted by molar-refractivity contribution is -0.127. The van der Waals surface area contributed by atoms with E-state index in [0.717, 1.165) is 0 Å². The topological polar surface area (TPSA) is 75.7 Å². The normalized spacial score (nSPS) is 20.5. The van der Waals surface area contributed by atoms with Crippen LogP contribution < -0.4 is 5.32 Å². The van der Waals surface area contributed by atoms with E-state index in [1.165, 1.54) is 16.4 Å². The van der Waals surface area contributed by atoms with Gasteiger partial charge in [0, 0.05) is 31.3 Å². The maximum absolute atomic E-state index is 12.7. The van der Waals surface area contributed by atoms with Crippen LogP contribution in [0.15, 0.2) is 29.2 Å². The third-order valence-corrected chi connectivity index (χ3v) is 6.14. The van der Waals surface area contributed by atoms with Gasteiger partial charge < -0.3 is 10.1 Å². The van der Waals surface area contributed by atoms with E-state index in [-0.39, 0.29) is 29.3 Å². The minimum Gasteiger partial charge on any atom is -0.383 e. The highest BCUT2D eigenvalue weighted by atomic mass is 35.5. The summed E-state index contributed by atoms with van der Waals surface area (Å²) in [6, 6.07) is 5.97. The van der Waals surface area contributed by atoms with Gasteiger partial charge in [-0.25, -0.2) is 8.42 Å². The highest BCUT2D eigenvalue weighted by Gasteiger charge is 2.33. The van der Waals surface area contributed by atoms with E-state index in [1.807, 2.05) is 6.92 Å². The lowest BCUT2D eigenvalue weighted by Gasteiger charge is -2.31. The molecule has 2 unspecified atom stereocenters. The molecule has 1 aromatic carbocycles. The van der Waals surface area contributed by atoms with Crippen molar-refractivity contribution < 1.29 is 17.9 Å². The number of piperidine rings is 1. The fourth-order valence-corrected chi connectivity index (χ4v) is 4.43. The number of rotatable bonds is 6. The van der Waals surface area contributed by atoms with Crippen molar-refractivity contribution in [2.75, 3.05) is 26.8 Å². The Morgan fingerprint density at radius 1 is 1.42 bits per heavy atom. The number of hydrogen-bond donors (Lipinski definition) is 1. The van der Waals surface area contributed by atoms with E-state index in [1.54, 1.807) is 19.2 Å². The summed E-state index contributed by atoms with van der Waals surface area (Å²) in [5, 5.41) is 3.35. The van der Waals surface area contributed by atoms with Gasteiger partial charge in [0.1, 0.15) is 0 Å². The molecule has 1 amide bonds. The van der Waals surface area contributed by atoms with E-state index < -0.39 is 10.0 Å². The van der Waals surface area contributed by atoms with Crippen molar-refractivity contribution in [3.8, 4) is 0 Å². The summed E-state index contributed by atoms with van der Waals surface area (Å²) in [6.07, 6.45) is 1.34. The second kappa shape index (κ2) is 8.29. The van der Waals surface area contributed by atoms with Gasteiger partial charge in [0.15, 0.2) is 0 Å². The predicted molar refractivity (Wildman–Crippen MR) is 92.4 cm³/mol. The molecule has 134 valence electrons. The zero-order chi connectivity index (χ0) is 17.7. The van der Waals surface area contributed by atoms with Crippen molar-refractivity contribution in [1.29, 1.82) is 0 Å². The van der Waals surface area contributed by atoms with Gasteiger partial charge in [-0.05, 0) is 44.0 Å². The van der Waals surface area contributed by atoms with Gasteiger partial charge in [0.2, 0.25) is 15.9 Å². The van der Waals surface area contributed by atoms with Crippen LogP contribution >= 0.6 is 11.6 Å². The first-order valence-corrected chi connectivity index (χ1v) is 9.71. The zero-order valence-electron chi connectivity index (χ0n) is 13.9. The molecule has 1 aliphatic heterocycles. The van der Waals surface area contributed by atoms with E-state index in [4.69, 9.17) is 16.3 Å². The molecule has 2 rings (SSSR count). The Bertz CT molecular complexity index is 663. The van der Waals surface area contributed by atoms with Crippen molar-refractivity contribution in [3.63, 3.8) is 0 Å². The van der Waals surface area contributed by atoms with E-state index >= 15 is 0 Å². The predicted octanol–water partition coefficient (Wildman–Crippen LogP) is 1.89. The minimum absolute atomic E-state index is 0.106. The summed E-state index contributed by atoms with van der Waals surface area (Å²) in [4.78, 5) is 12.5. The van der Waals surface area contributed by atoms with Gasteiger partial charge in [0.05, 0.1) is 17.4 Å². The summed E-state index contributed by atoms with van der Waals surface area (Å²) >= 11 is 5.81. The first-order chi connectivity index (χ1) is 11.3. The number of hydrogen-bond acceptors (Lipinski definition) is 4. The lowest BCUT2D eigenvalue weighted by atomic mass is 9.98. The maximum atomic E-state index is 12.7. The van der Waals surface area contributed by atoms with Crippen LogP contribution in [0.25, 0.3) is 0 Å². The SMILES string of the molecule is COCC(C)NC(=O)C1CCCN(S(=O)(=O)c2ccc(Cl)cc2)C1. The Kier molecular flexibility index (Phi) is 6.62. The monoisotopic (exact) mass is 374 g/mol. The Balaban J connectivity index is 2.07. The van der Waals surface area contributed by atoms with Crippen LogP contribution in [-0.4, -0.2) is 51.5 Å². The summed E-state index contributed by atoms with van der Waals surface area (Å²) in [7, 11) is -2.04. The Labute approximate surface area is 148 Å². The van der Waals surface area contributed by atoms with E-state index in [9.17, 15) is 13.2 Å². The number of carbonyl (C=O) groups excluding carboxylic acids is 1. The molecule has 1 aromatic rings. The van der Waals surface area contributed by atoms with E-state index in [2.05, 4.69) is 5.32 Å². The molecule has 0 spiro atoms. The third kappa shape index (κ3) is 4.69. The molecule has 1 aliphatic rings. The van der Waals surface area contributed by atoms with Crippen molar-refractivity contribution >= 4 is 27.5 Å². The molecule has 0 bridgehead atoms. The number of nitrogens with one attached hydrogen (secondary N) is 1. The summed E-state index contributed by atoms with van der Waals surface area (Å²) in [6.45, 7) is 2.89. The number of nitrogens with zero attached hydrogens (tertiary/aromatic N) is 1. The molecular formula is C16H23ClN2O4S. The molecule has 0 radical (unpaired) electrons. The molecule has 1 fully saturated rings. The number of methoxy groups -OCH3 is 1. The largest absolute Gasteiger partial charge is 0.383 e. The second-order valence-corrected chi connectivity index (χ2v) is 8.40. The van der Waals surface area contributed by atoms with Gasteiger partial charge in [0.25, 0.3) is 0 Å². The molecule has 1 N–H and O–H groups in total. The number of halogens is 1. The highest BCUT2D eigenvalue weighted by Crippen LogP contribution is 2.24. The number of benzene rings is 1. The Morgan fingerprint density at radius 3 is 2.71 bits per heavy atom. The minimum atomic E-state index is -3.61. The molecule has 1 saturated heterocycles. The van der Waals surface area contributed by atoms with Crippen LogP contribution in [0.5, 0.6) is 0 Å². The zero-order valence-corrected chi connectivity index (χ0v) is 15.4. The molecule has 0 aromatic heterocycles. The van der Waals surface area contributed by atoms with Gasteiger partial charge in [-0.3, -0.25) is 4.79 Å². The molecule has 6 nitrogen and oxygen atoms in total. The fourth-order valence-electron chi connectivity index (χ4n) is 2.78. The Hall–Kier alpha value is -1.15. The smallest absolute Gasteiger partial charge is 0.243 e. The third-order valence-electron chi connectivity index (χ3n) is 4.01. The van der Waals surface area contributed by atoms with Crippen LogP contribution in [0.1, 0.15) is 19.8 Å². The average molecular weight is 375 g/mol. The fraction of sp³-hybridized carbons (Fsp3) is 0.562. The number of sulfonamides is 1. The molecule has 0 aliphatic carbocycles. The number of amides is 1. The van der Waals surface area contributed by atoms with Gasteiger partial charge >= 0.3 is 0 Å². The standard InChI is InChI=1S/C16H23ClN2O4S/c1-12(11-23-2)18-16(20)13-4-3-9-19(10-13)24(21,22)15-7-5-14(17)6-8-15/h5-8,12-13H,3-4,9-11H2,1-2H3,(H,18,20). The van der Waals surface area contributed by atoms with E-state index in [0.29, 0.717) is 31.0 Å². The number of carbonyl (C=O) groups is 1. The van der Waals surface area contributed by atoms with Crippen LogP contribution in [0.3, 0.4) is 0 Å². The van der Waals surface area contributed by atoms with Crippen molar-refractivity contribution in [1.82, 2.24) is 9.62 Å². The molecule has 24 heavy (non-hydrogen) atoms. The summed E-state index contributed by atoms with van der Waals surface area (Å²) in [5.41, 5.74) is 0. The molecule has 1 heterocycles. The van der Waals surface area contributed by atoms with Crippen LogP contribution in [0.2, 0.25) is 5.02 Å². The summed E-state index contributed by atoms with van der Waals surface area (Å²) < 4.78 is 31.8. The summed E-state index contributed by atoms with van der Waals surface area (Å²) in [5.74, 6) is -0.476. The van der Waals surface area contributed by atoms with Gasteiger partial charge in [-0.2, -0.15) is 4.31 Å². The Morgan fingerprint density at radius 2 is 2.08 bits per heavy atom. The molecular weight excluding hydrogens is 352 g/mol. The first-order valence-electron chi connectivity index (χ1n) is 7.89. The number of ether oxygens (including phenoxy) is 1. The van der Waals surface area contributed by atoms with Crippen molar-refractivity contribution in [3.05, 3.63) is 29.3 Å². The molecule has 2 atom stereocenters. The van der Waals surface area contributed by atoms with Crippen molar-refractivity contribution in [2.45, 2.75) is 30.7 Å². The maximum Gasteiger partial charge on any atom is 0.243 e.